The summed E-state index contributed by atoms with van der Waals surface area (Å²) in [6.07, 6.45) is 0. The molecule has 0 radical (unpaired) electrons. The first-order valence-electron chi connectivity index (χ1n) is 16.4. The first-order valence-corrected chi connectivity index (χ1v) is 18.4. The molecule has 4 nitrogen and oxygen atoms in total. The van der Waals surface area contributed by atoms with Gasteiger partial charge in [0, 0.05) is 16.3 Å². The number of fused-ring (bicyclic) bond motifs is 3. The first kappa shape index (κ1) is 30.4. The van der Waals surface area contributed by atoms with E-state index in [1.165, 1.54) is 15.6 Å². The monoisotopic (exact) mass is 652 g/mol. The van der Waals surface area contributed by atoms with Crippen LogP contribution in [0.1, 0.15) is 16.7 Å². The second-order valence-electron chi connectivity index (χ2n) is 12.3. The summed E-state index contributed by atoms with van der Waals surface area (Å²) in [5.74, 6) is 0. The number of hydrogen-bond acceptors (Lipinski definition) is 3. The van der Waals surface area contributed by atoms with Gasteiger partial charge in [0.05, 0.1) is 51.6 Å². The fourth-order valence-corrected chi connectivity index (χ4v) is 12.4. The van der Waals surface area contributed by atoms with Crippen molar-refractivity contribution in [3.05, 3.63) is 187 Å². The van der Waals surface area contributed by atoms with Gasteiger partial charge in [-0.15, -0.1) is 0 Å². The standard InChI is InChI=1S/C45H28N4Si/c46-29-32-20-24-43(49-42-19-11-10-18-39(42)41-27-33(30-47)21-25-44(41)49)40(26-32)34-22-23-35(31-48)45(28-34)50(36-12-4-1-5-13-36,37-14-6-2-7-15-37)38-16-8-3-9-17-38/h1-28H. The van der Waals surface area contributed by atoms with Crippen LogP contribution < -0.4 is 20.7 Å². The lowest BCUT2D eigenvalue weighted by Crippen LogP contribution is -2.75. The molecule has 0 amide bonds. The average molecular weight is 653 g/mol. The van der Waals surface area contributed by atoms with Crippen LogP contribution in [-0.2, 0) is 0 Å². The average Bonchev–Trinajstić information content (AvgIpc) is 3.52. The Morgan fingerprint density at radius 1 is 0.440 bits per heavy atom. The van der Waals surface area contributed by atoms with Gasteiger partial charge in [-0.2, -0.15) is 15.8 Å². The highest BCUT2D eigenvalue weighted by molar-refractivity contribution is 7.20. The molecule has 8 aromatic rings. The van der Waals surface area contributed by atoms with Gasteiger partial charge >= 0.3 is 0 Å². The minimum absolute atomic E-state index is 0.542. The molecule has 0 unspecified atom stereocenters. The van der Waals surface area contributed by atoms with E-state index in [0.717, 1.165) is 43.8 Å². The Morgan fingerprint density at radius 2 is 0.980 bits per heavy atom. The van der Waals surface area contributed by atoms with E-state index in [1.807, 2.05) is 78.9 Å². The quantitative estimate of drug-likeness (QED) is 0.138. The SMILES string of the molecule is N#Cc1ccc(-n2c3ccccc3c3cc(C#N)ccc32)c(-c2ccc(C#N)c([Si](c3ccccc3)(c3ccccc3)c3ccccc3)c2)c1. The van der Waals surface area contributed by atoms with E-state index in [0.29, 0.717) is 16.7 Å². The van der Waals surface area contributed by atoms with Crippen LogP contribution in [0.4, 0.5) is 0 Å². The predicted octanol–water partition coefficient (Wildman–Crippen LogP) is 7.44. The predicted molar refractivity (Wildman–Crippen MR) is 204 cm³/mol. The fourth-order valence-electron chi connectivity index (χ4n) is 7.48. The molecule has 0 saturated heterocycles. The molecule has 5 heteroatoms. The minimum atomic E-state index is -3.06. The zero-order valence-electron chi connectivity index (χ0n) is 27.0. The van der Waals surface area contributed by atoms with Crippen LogP contribution >= 0.6 is 0 Å². The maximum Gasteiger partial charge on any atom is 0.180 e. The Bertz CT molecular complexity index is 2580. The molecule has 232 valence electrons. The van der Waals surface area contributed by atoms with Crippen molar-refractivity contribution in [1.29, 1.82) is 15.8 Å². The van der Waals surface area contributed by atoms with E-state index in [2.05, 4.69) is 114 Å². The molecule has 0 N–H and O–H groups in total. The highest BCUT2D eigenvalue weighted by Gasteiger charge is 2.43. The normalized spacial score (nSPS) is 11.1. The second-order valence-corrected chi connectivity index (χ2v) is 16.0. The molecule has 8 rings (SSSR count). The Labute approximate surface area is 291 Å². The van der Waals surface area contributed by atoms with Gasteiger partial charge in [-0.25, -0.2) is 0 Å². The van der Waals surface area contributed by atoms with E-state index in [9.17, 15) is 15.8 Å². The maximum atomic E-state index is 10.8. The lowest BCUT2D eigenvalue weighted by Gasteiger charge is -2.35. The Kier molecular flexibility index (Phi) is 7.63. The summed E-state index contributed by atoms with van der Waals surface area (Å²) >= 11 is 0. The Hall–Kier alpha value is -6.97. The van der Waals surface area contributed by atoms with Gasteiger partial charge in [0.2, 0.25) is 0 Å². The summed E-state index contributed by atoms with van der Waals surface area (Å²) in [6, 6.07) is 64.8. The molecular weight excluding hydrogens is 625 g/mol. The van der Waals surface area contributed by atoms with Gasteiger partial charge in [0.15, 0.2) is 8.07 Å². The van der Waals surface area contributed by atoms with Crippen molar-refractivity contribution in [2.45, 2.75) is 0 Å². The van der Waals surface area contributed by atoms with Gasteiger partial charge in [0.1, 0.15) is 0 Å². The zero-order chi connectivity index (χ0) is 34.1. The number of rotatable bonds is 6. The zero-order valence-corrected chi connectivity index (χ0v) is 28.0. The third kappa shape index (κ3) is 4.80. The summed E-state index contributed by atoms with van der Waals surface area (Å²) < 4.78 is 2.22. The van der Waals surface area contributed by atoms with Crippen LogP contribution in [0.15, 0.2) is 170 Å². The van der Waals surface area contributed by atoms with E-state index in [1.54, 1.807) is 0 Å². The molecule has 50 heavy (non-hydrogen) atoms. The molecular formula is C45H28N4Si. The van der Waals surface area contributed by atoms with E-state index < -0.39 is 8.07 Å². The summed E-state index contributed by atoms with van der Waals surface area (Å²) in [4.78, 5) is 0. The van der Waals surface area contributed by atoms with Gasteiger partial charge in [-0.1, -0.05) is 121 Å². The molecule has 0 spiro atoms. The van der Waals surface area contributed by atoms with Crippen molar-refractivity contribution in [2.75, 3.05) is 0 Å². The molecule has 0 aliphatic heterocycles. The van der Waals surface area contributed by atoms with Crippen molar-refractivity contribution in [3.8, 4) is 35.0 Å². The first-order chi connectivity index (χ1) is 24.7. The van der Waals surface area contributed by atoms with E-state index in [4.69, 9.17) is 0 Å². The number of aromatic nitrogens is 1. The van der Waals surface area contributed by atoms with Crippen molar-refractivity contribution in [1.82, 2.24) is 4.57 Å². The number of benzene rings is 7. The lowest BCUT2D eigenvalue weighted by molar-refractivity contribution is 1.18. The number of nitrogens with zero attached hydrogens (tertiary/aromatic N) is 4. The van der Waals surface area contributed by atoms with Crippen LogP contribution in [0.2, 0.25) is 0 Å². The molecule has 7 aromatic carbocycles. The molecule has 0 aliphatic carbocycles. The second kappa shape index (κ2) is 12.6. The molecule has 0 atom stereocenters. The number of hydrogen-bond donors (Lipinski definition) is 0. The van der Waals surface area contributed by atoms with Crippen molar-refractivity contribution >= 4 is 50.6 Å². The lowest BCUT2D eigenvalue weighted by atomic mass is 9.99. The molecule has 0 aliphatic rings. The highest BCUT2D eigenvalue weighted by atomic mass is 28.3. The molecule has 0 saturated carbocycles. The largest absolute Gasteiger partial charge is 0.309 e. The third-order valence-corrected chi connectivity index (χ3v) is 14.5. The van der Waals surface area contributed by atoms with Crippen LogP contribution in [-0.4, -0.2) is 12.6 Å². The molecule has 0 fully saturated rings. The molecule has 1 aromatic heterocycles. The van der Waals surface area contributed by atoms with E-state index >= 15 is 0 Å². The van der Waals surface area contributed by atoms with Crippen LogP contribution in [0, 0.1) is 34.0 Å². The highest BCUT2D eigenvalue weighted by Crippen LogP contribution is 2.37. The van der Waals surface area contributed by atoms with Gasteiger partial charge < -0.3 is 4.57 Å². The van der Waals surface area contributed by atoms with Crippen LogP contribution in [0.5, 0.6) is 0 Å². The topological polar surface area (TPSA) is 76.3 Å². The van der Waals surface area contributed by atoms with Crippen molar-refractivity contribution in [2.24, 2.45) is 0 Å². The van der Waals surface area contributed by atoms with Gasteiger partial charge in [-0.3, -0.25) is 0 Å². The molecule has 0 bridgehead atoms. The summed E-state index contributed by atoms with van der Waals surface area (Å²) in [5, 5.41) is 37.1. The Balaban J connectivity index is 1.48. The van der Waals surface area contributed by atoms with Crippen LogP contribution in [0.3, 0.4) is 0 Å². The molecule has 1 heterocycles. The van der Waals surface area contributed by atoms with Gasteiger partial charge in [0.25, 0.3) is 0 Å². The minimum Gasteiger partial charge on any atom is -0.309 e. The summed E-state index contributed by atoms with van der Waals surface area (Å²) in [6.45, 7) is 0. The van der Waals surface area contributed by atoms with E-state index in [-0.39, 0.29) is 0 Å². The van der Waals surface area contributed by atoms with Crippen molar-refractivity contribution < 1.29 is 0 Å². The maximum absolute atomic E-state index is 10.8. The summed E-state index contributed by atoms with van der Waals surface area (Å²) in [5.41, 5.74) is 6.41. The fraction of sp³-hybridized carbons (Fsp3) is 0. The summed E-state index contributed by atoms with van der Waals surface area (Å²) in [7, 11) is -3.06. The smallest absolute Gasteiger partial charge is 0.180 e. The number of nitriles is 3. The van der Waals surface area contributed by atoms with Gasteiger partial charge in [-0.05, 0) is 74.8 Å². The Morgan fingerprint density at radius 3 is 1.58 bits per heavy atom. The van der Waals surface area contributed by atoms with Crippen molar-refractivity contribution in [3.63, 3.8) is 0 Å². The van der Waals surface area contributed by atoms with Crippen LogP contribution in [0.25, 0.3) is 38.6 Å². The number of para-hydroxylation sites is 1. The third-order valence-electron chi connectivity index (χ3n) is 9.64.